The number of carboxylic acid groups (broad SMARTS) is 1. The summed E-state index contributed by atoms with van der Waals surface area (Å²) >= 11 is 1.01. The molecule has 10 heteroatoms. The van der Waals surface area contributed by atoms with E-state index in [4.69, 9.17) is 5.11 Å². The fourth-order valence-corrected chi connectivity index (χ4v) is 2.27. The molecule has 1 unspecified atom stereocenters. The molecule has 0 radical (unpaired) electrons. The monoisotopic (exact) mass is 325 g/mol. The van der Waals surface area contributed by atoms with Crippen LogP contribution in [-0.2, 0) is 0 Å². The molecule has 2 N–H and O–H groups in total. The lowest BCUT2D eigenvalue weighted by Gasteiger charge is -2.24. The Morgan fingerprint density at radius 3 is 2.57 bits per heavy atom. The Morgan fingerprint density at radius 2 is 2.14 bits per heavy atom. The first-order valence-electron chi connectivity index (χ1n) is 5.95. The van der Waals surface area contributed by atoms with Crippen molar-refractivity contribution < 1.29 is 27.9 Å². The largest absolute Gasteiger partial charge is 0.476 e. The zero-order valence-corrected chi connectivity index (χ0v) is 12.1. The molecule has 1 rings (SSSR count). The lowest BCUT2D eigenvalue weighted by Crippen LogP contribution is -2.45. The average molecular weight is 325 g/mol. The van der Waals surface area contributed by atoms with Gasteiger partial charge in [-0.3, -0.25) is 0 Å². The lowest BCUT2D eigenvalue weighted by molar-refractivity contribution is -0.139. The Balaban J connectivity index is 2.69. The number of hydrogen-bond acceptors (Lipinski definition) is 4. The van der Waals surface area contributed by atoms with Crippen molar-refractivity contribution in [3.63, 3.8) is 0 Å². The maximum absolute atomic E-state index is 12.3. The van der Waals surface area contributed by atoms with E-state index in [-0.39, 0.29) is 12.2 Å². The molecule has 0 fully saturated rings. The van der Waals surface area contributed by atoms with Crippen molar-refractivity contribution in [2.75, 3.05) is 13.1 Å². The minimum atomic E-state index is -4.48. The van der Waals surface area contributed by atoms with E-state index in [1.807, 2.05) is 0 Å². The highest BCUT2D eigenvalue weighted by atomic mass is 32.1. The molecule has 118 valence electrons. The standard InChI is InChI=1S/C11H14F3N3O3S/c1-3-17(5-11(12,13)14)10(20)15-6(2)8-16-7(4-21-8)9(18)19/h4,6H,3,5H2,1-2H3,(H,15,20)(H,18,19). The Kier molecular flexibility index (Phi) is 5.53. The van der Waals surface area contributed by atoms with E-state index < -0.39 is 30.8 Å². The predicted molar refractivity (Wildman–Crippen MR) is 69.3 cm³/mol. The van der Waals surface area contributed by atoms with Crippen LogP contribution in [-0.4, -0.2) is 46.3 Å². The number of thiazole rings is 1. The third-order valence-corrected chi connectivity index (χ3v) is 3.52. The minimum Gasteiger partial charge on any atom is -0.476 e. The molecule has 2 amide bonds. The topological polar surface area (TPSA) is 82.5 Å². The Bertz CT molecular complexity index is 518. The molecule has 21 heavy (non-hydrogen) atoms. The molecule has 0 aliphatic rings. The number of aromatic carboxylic acids is 1. The van der Waals surface area contributed by atoms with Crippen LogP contribution in [0.5, 0.6) is 0 Å². The summed E-state index contributed by atoms with van der Waals surface area (Å²) in [6, 6.07) is -1.56. The number of halogens is 3. The highest BCUT2D eigenvalue weighted by Crippen LogP contribution is 2.20. The molecule has 0 bridgehead atoms. The van der Waals surface area contributed by atoms with Crippen LogP contribution in [0.1, 0.15) is 35.4 Å². The average Bonchev–Trinajstić information content (AvgIpc) is 2.84. The van der Waals surface area contributed by atoms with Gasteiger partial charge in [-0.25, -0.2) is 14.6 Å². The van der Waals surface area contributed by atoms with Crippen LogP contribution in [0.15, 0.2) is 5.38 Å². The molecule has 0 aliphatic carbocycles. The Hall–Kier alpha value is -1.84. The smallest absolute Gasteiger partial charge is 0.406 e. The Morgan fingerprint density at radius 1 is 1.52 bits per heavy atom. The third kappa shape index (κ3) is 5.21. The minimum absolute atomic E-state index is 0.101. The van der Waals surface area contributed by atoms with Crippen molar-refractivity contribution in [1.82, 2.24) is 15.2 Å². The van der Waals surface area contributed by atoms with E-state index in [1.165, 1.54) is 19.2 Å². The van der Waals surface area contributed by atoms with Crippen molar-refractivity contribution in [2.45, 2.75) is 26.1 Å². The van der Waals surface area contributed by atoms with Gasteiger partial charge in [-0.2, -0.15) is 13.2 Å². The summed E-state index contributed by atoms with van der Waals surface area (Å²) in [5.41, 5.74) is -0.168. The number of carbonyl (C=O) groups is 2. The number of nitrogens with zero attached hydrogens (tertiary/aromatic N) is 2. The van der Waals surface area contributed by atoms with E-state index in [2.05, 4.69) is 10.3 Å². The third-order valence-electron chi connectivity index (χ3n) is 2.49. The maximum atomic E-state index is 12.3. The molecule has 0 saturated heterocycles. The van der Waals surface area contributed by atoms with Gasteiger partial charge in [-0.1, -0.05) is 0 Å². The number of urea groups is 1. The molecule has 0 spiro atoms. The van der Waals surface area contributed by atoms with Gasteiger partial charge in [0.1, 0.15) is 11.6 Å². The molecule has 6 nitrogen and oxygen atoms in total. The van der Waals surface area contributed by atoms with Crippen molar-refractivity contribution in [1.29, 1.82) is 0 Å². The number of amides is 2. The van der Waals surface area contributed by atoms with Gasteiger partial charge < -0.3 is 15.3 Å². The first kappa shape index (κ1) is 17.2. The fraction of sp³-hybridized carbons (Fsp3) is 0.545. The number of rotatable bonds is 5. The van der Waals surface area contributed by atoms with Gasteiger partial charge >= 0.3 is 18.2 Å². The van der Waals surface area contributed by atoms with Crippen LogP contribution in [0.25, 0.3) is 0 Å². The number of nitrogens with one attached hydrogen (secondary N) is 1. The summed E-state index contributed by atoms with van der Waals surface area (Å²) < 4.78 is 36.9. The first-order chi connectivity index (χ1) is 9.64. The van der Waals surface area contributed by atoms with E-state index in [0.717, 1.165) is 11.3 Å². The van der Waals surface area contributed by atoms with E-state index >= 15 is 0 Å². The van der Waals surface area contributed by atoms with Crippen molar-refractivity contribution in [3.8, 4) is 0 Å². The van der Waals surface area contributed by atoms with Crippen molar-refractivity contribution in [2.24, 2.45) is 0 Å². The summed E-state index contributed by atoms with van der Waals surface area (Å²) in [7, 11) is 0. The fourth-order valence-electron chi connectivity index (χ4n) is 1.47. The summed E-state index contributed by atoms with van der Waals surface area (Å²) in [5, 5.41) is 12.7. The van der Waals surface area contributed by atoms with Crippen LogP contribution in [0.3, 0.4) is 0 Å². The SMILES string of the molecule is CCN(CC(F)(F)F)C(=O)NC(C)c1nc(C(=O)O)cs1. The lowest BCUT2D eigenvalue weighted by atomic mass is 10.3. The summed E-state index contributed by atoms with van der Waals surface area (Å²) in [6.45, 7) is 1.50. The van der Waals surface area contributed by atoms with Crippen molar-refractivity contribution >= 4 is 23.3 Å². The number of hydrogen-bond donors (Lipinski definition) is 2. The van der Waals surface area contributed by atoms with E-state index in [9.17, 15) is 22.8 Å². The molecule has 1 heterocycles. The van der Waals surface area contributed by atoms with Crippen LogP contribution in [0, 0.1) is 0 Å². The van der Waals surface area contributed by atoms with Gasteiger partial charge in [-0.05, 0) is 13.8 Å². The molecule has 0 aromatic carbocycles. The van der Waals surface area contributed by atoms with Crippen LogP contribution in [0.2, 0.25) is 0 Å². The van der Waals surface area contributed by atoms with E-state index in [1.54, 1.807) is 0 Å². The quantitative estimate of drug-likeness (QED) is 0.871. The van der Waals surface area contributed by atoms with Crippen molar-refractivity contribution in [3.05, 3.63) is 16.1 Å². The van der Waals surface area contributed by atoms with Gasteiger partial charge in [0.15, 0.2) is 5.69 Å². The predicted octanol–water partition coefficient (Wildman–Crippen LogP) is 2.50. The molecule has 0 aliphatic heterocycles. The second-order valence-electron chi connectivity index (χ2n) is 4.18. The molecular weight excluding hydrogens is 311 g/mol. The van der Waals surface area contributed by atoms with Crippen LogP contribution in [0.4, 0.5) is 18.0 Å². The zero-order chi connectivity index (χ0) is 16.2. The molecule has 1 aromatic rings. The maximum Gasteiger partial charge on any atom is 0.406 e. The number of carbonyl (C=O) groups excluding carboxylic acids is 1. The number of carboxylic acids is 1. The number of aromatic nitrogens is 1. The highest BCUT2D eigenvalue weighted by molar-refractivity contribution is 7.09. The summed E-state index contributed by atoms with van der Waals surface area (Å²) in [5.74, 6) is -1.21. The van der Waals surface area contributed by atoms with Crippen LogP contribution < -0.4 is 5.32 Å². The molecule has 1 aromatic heterocycles. The van der Waals surface area contributed by atoms with Gasteiger partial charge in [0.05, 0.1) is 6.04 Å². The molecule has 0 saturated carbocycles. The van der Waals surface area contributed by atoms with Gasteiger partial charge in [0, 0.05) is 11.9 Å². The van der Waals surface area contributed by atoms with Crippen LogP contribution >= 0.6 is 11.3 Å². The highest BCUT2D eigenvalue weighted by Gasteiger charge is 2.32. The molecule has 1 atom stereocenters. The normalized spacial score (nSPS) is 12.8. The van der Waals surface area contributed by atoms with Gasteiger partial charge in [-0.15, -0.1) is 11.3 Å². The van der Waals surface area contributed by atoms with Gasteiger partial charge in [0.25, 0.3) is 0 Å². The Labute approximate surface area is 122 Å². The molecular formula is C11H14F3N3O3S. The first-order valence-corrected chi connectivity index (χ1v) is 6.83. The second-order valence-corrected chi connectivity index (χ2v) is 5.07. The van der Waals surface area contributed by atoms with E-state index in [0.29, 0.717) is 9.91 Å². The number of alkyl halides is 3. The second kappa shape index (κ2) is 6.74. The zero-order valence-electron chi connectivity index (χ0n) is 11.3. The summed E-state index contributed by atoms with van der Waals surface area (Å²) in [6.07, 6.45) is -4.48. The summed E-state index contributed by atoms with van der Waals surface area (Å²) in [4.78, 5) is 26.8. The van der Waals surface area contributed by atoms with Gasteiger partial charge in [0.2, 0.25) is 0 Å².